The average Bonchev–Trinajstić information content (AvgIpc) is 2.82. The summed E-state index contributed by atoms with van der Waals surface area (Å²) in [6.45, 7) is 13.4. The zero-order valence-corrected chi connectivity index (χ0v) is 24.3. The number of nitrogens with one attached hydrogen (secondary N) is 1. The second-order valence-corrected chi connectivity index (χ2v) is 11.5. The van der Waals surface area contributed by atoms with Gasteiger partial charge in [0.25, 0.3) is 0 Å². The van der Waals surface area contributed by atoms with E-state index in [-0.39, 0.29) is 17.6 Å². The van der Waals surface area contributed by atoms with Gasteiger partial charge in [-0.15, -0.1) is 0 Å². The largest absolute Gasteiger partial charge is 0.444 e. The molecule has 2 aromatic heterocycles. The van der Waals surface area contributed by atoms with Gasteiger partial charge in [0.05, 0.1) is 22.7 Å². The first-order valence-corrected chi connectivity index (χ1v) is 13.4. The molecule has 1 fully saturated rings. The van der Waals surface area contributed by atoms with Crippen molar-refractivity contribution in [1.29, 1.82) is 0 Å². The van der Waals surface area contributed by atoms with Crippen LogP contribution < -0.4 is 15.6 Å². The number of hydrogen-bond acceptors (Lipinski definition) is 7. The van der Waals surface area contributed by atoms with Gasteiger partial charge in [0.1, 0.15) is 20.9 Å². The molecule has 8 nitrogen and oxygen atoms in total. The minimum atomic E-state index is -0.549. The highest BCUT2D eigenvalue weighted by atomic mass is 79.9. The molecule has 1 saturated heterocycles. The lowest BCUT2D eigenvalue weighted by molar-refractivity contribution is 0.0239. The summed E-state index contributed by atoms with van der Waals surface area (Å²) in [5, 5.41) is 4.38. The SMILES string of the molecule is Cc1cc(C(C)Nc2ccc(Cl)nc2Br)c2oc(N3CCN(C(=O)OC(C)(C)C)CC3)c(C)c(=O)c2c1. The van der Waals surface area contributed by atoms with E-state index in [0.717, 1.165) is 16.8 Å². The number of aromatic nitrogens is 1. The van der Waals surface area contributed by atoms with E-state index in [0.29, 0.717) is 58.4 Å². The first-order valence-electron chi connectivity index (χ1n) is 12.2. The number of carbonyl (C=O) groups is 1. The Morgan fingerprint density at radius 2 is 1.86 bits per heavy atom. The topological polar surface area (TPSA) is 87.9 Å². The number of fused-ring (bicyclic) bond motifs is 1. The zero-order valence-electron chi connectivity index (χ0n) is 21.9. The lowest BCUT2D eigenvalue weighted by Crippen LogP contribution is -2.50. The Morgan fingerprint density at radius 3 is 2.49 bits per heavy atom. The van der Waals surface area contributed by atoms with Crippen molar-refractivity contribution >= 4 is 56.2 Å². The first-order chi connectivity index (χ1) is 17.3. The molecular weight excluding hydrogens is 560 g/mol. The van der Waals surface area contributed by atoms with Crippen molar-refractivity contribution in [2.45, 2.75) is 53.2 Å². The minimum absolute atomic E-state index is 0.0580. The van der Waals surface area contributed by atoms with Crippen molar-refractivity contribution in [2.24, 2.45) is 0 Å². The van der Waals surface area contributed by atoms with Crippen LogP contribution in [0.4, 0.5) is 16.4 Å². The fourth-order valence-corrected chi connectivity index (χ4v) is 5.12. The van der Waals surface area contributed by atoms with E-state index >= 15 is 0 Å². The second kappa shape index (κ2) is 10.5. The number of carbonyl (C=O) groups excluding carboxylic acids is 1. The van der Waals surface area contributed by atoms with Crippen molar-refractivity contribution in [2.75, 3.05) is 36.4 Å². The number of ether oxygens (including phenoxy) is 1. The van der Waals surface area contributed by atoms with Crippen LogP contribution in [0.1, 0.15) is 50.4 Å². The fraction of sp³-hybridized carbons (Fsp3) is 0.444. The van der Waals surface area contributed by atoms with Gasteiger partial charge in [0.15, 0.2) is 5.43 Å². The van der Waals surface area contributed by atoms with Crippen molar-refractivity contribution < 1.29 is 13.9 Å². The van der Waals surface area contributed by atoms with E-state index in [1.807, 2.05) is 57.7 Å². The molecule has 1 unspecified atom stereocenters. The maximum absolute atomic E-state index is 13.5. The number of pyridine rings is 1. The highest BCUT2D eigenvalue weighted by molar-refractivity contribution is 9.10. The lowest BCUT2D eigenvalue weighted by Gasteiger charge is -2.36. The van der Waals surface area contributed by atoms with Crippen LogP contribution >= 0.6 is 27.5 Å². The van der Waals surface area contributed by atoms with Gasteiger partial charge in [0, 0.05) is 31.7 Å². The quantitative estimate of drug-likeness (QED) is 0.349. The molecule has 0 saturated carbocycles. The zero-order chi connectivity index (χ0) is 27.1. The van der Waals surface area contributed by atoms with Crippen molar-refractivity contribution in [3.05, 3.63) is 60.9 Å². The highest BCUT2D eigenvalue weighted by Crippen LogP contribution is 2.33. The number of hydrogen-bond donors (Lipinski definition) is 1. The van der Waals surface area contributed by atoms with Gasteiger partial charge in [-0.1, -0.05) is 17.7 Å². The molecule has 0 bridgehead atoms. The lowest BCUT2D eigenvalue weighted by atomic mass is 10.00. The summed E-state index contributed by atoms with van der Waals surface area (Å²) in [5.41, 5.74) is 3.10. The molecule has 1 amide bonds. The summed E-state index contributed by atoms with van der Waals surface area (Å²) in [6.07, 6.45) is -0.329. The molecule has 198 valence electrons. The number of benzene rings is 1. The Kier molecular flexibility index (Phi) is 7.76. The van der Waals surface area contributed by atoms with Crippen molar-refractivity contribution in [3.8, 4) is 0 Å². The van der Waals surface area contributed by atoms with Gasteiger partial charge < -0.3 is 24.3 Å². The molecule has 0 aliphatic carbocycles. The predicted octanol–water partition coefficient (Wildman–Crippen LogP) is 6.45. The van der Waals surface area contributed by atoms with Crippen molar-refractivity contribution in [1.82, 2.24) is 9.88 Å². The van der Waals surface area contributed by atoms with Crippen molar-refractivity contribution in [3.63, 3.8) is 0 Å². The molecule has 0 radical (unpaired) electrons. The number of halogens is 2. The van der Waals surface area contributed by atoms with Crippen LogP contribution in [0.25, 0.3) is 11.0 Å². The molecular formula is C27H32BrClN4O4. The molecule has 3 heterocycles. The van der Waals surface area contributed by atoms with Gasteiger partial charge in [-0.2, -0.15) is 0 Å². The number of anilines is 2. The Labute approximate surface area is 230 Å². The van der Waals surface area contributed by atoms with E-state index in [1.54, 1.807) is 17.9 Å². The molecule has 0 spiro atoms. The molecule has 1 aromatic carbocycles. The van der Waals surface area contributed by atoms with Gasteiger partial charge in [-0.3, -0.25) is 4.79 Å². The third-order valence-corrected chi connectivity index (χ3v) is 7.05. The molecule has 3 aromatic rings. The maximum atomic E-state index is 13.5. The highest BCUT2D eigenvalue weighted by Gasteiger charge is 2.28. The Morgan fingerprint density at radius 1 is 1.19 bits per heavy atom. The average molecular weight is 592 g/mol. The molecule has 37 heavy (non-hydrogen) atoms. The van der Waals surface area contributed by atoms with Crippen LogP contribution in [0.3, 0.4) is 0 Å². The number of nitrogens with zero attached hydrogens (tertiary/aromatic N) is 3. The molecule has 1 aliphatic heterocycles. The predicted molar refractivity (Wildman–Crippen MR) is 151 cm³/mol. The van der Waals surface area contributed by atoms with E-state index < -0.39 is 5.60 Å². The van der Waals surface area contributed by atoms with Gasteiger partial charge in [-0.25, -0.2) is 9.78 Å². The Bertz CT molecular complexity index is 1390. The van der Waals surface area contributed by atoms with E-state index in [9.17, 15) is 9.59 Å². The third kappa shape index (κ3) is 6.04. The summed E-state index contributed by atoms with van der Waals surface area (Å²) >= 11 is 9.45. The molecule has 10 heteroatoms. The molecule has 4 rings (SSSR count). The van der Waals surface area contributed by atoms with Gasteiger partial charge in [0.2, 0.25) is 5.88 Å². The molecule has 1 atom stereocenters. The van der Waals surface area contributed by atoms with Crippen LogP contribution in [-0.4, -0.2) is 47.8 Å². The van der Waals surface area contributed by atoms with Crippen LogP contribution in [-0.2, 0) is 4.74 Å². The summed E-state index contributed by atoms with van der Waals surface area (Å²) in [5.74, 6) is 0.535. The van der Waals surface area contributed by atoms with E-state index in [2.05, 4.69) is 26.2 Å². The summed E-state index contributed by atoms with van der Waals surface area (Å²) < 4.78 is 12.6. The maximum Gasteiger partial charge on any atom is 0.410 e. The number of amides is 1. The summed E-state index contributed by atoms with van der Waals surface area (Å²) in [6, 6.07) is 7.27. The summed E-state index contributed by atoms with van der Waals surface area (Å²) in [7, 11) is 0. The second-order valence-electron chi connectivity index (χ2n) is 10.4. The normalized spacial score (nSPS) is 15.1. The van der Waals surface area contributed by atoms with Gasteiger partial charge >= 0.3 is 6.09 Å². The van der Waals surface area contributed by atoms with Crippen LogP contribution in [0.5, 0.6) is 0 Å². The van der Waals surface area contributed by atoms with Gasteiger partial charge in [-0.05, 0) is 81.2 Å². The number of piperazine rings is 1. The summed E-state index contributed by atoms with van der Waals surface area (Å²) in [4.78, 5) is 33.9. The number of rotatable bonds is 4. The van der Waals surface area contributed by atoms with Crippen LogP contribution in [0.15, 0.2) is 38.1 Å². The van der Waals surface area contributed by atoms with Crippen LogP contribution in [0.2, 0.25) is 5.15 Å². The Hall–Kier alpha value is -2.78. The molecule has 1 aliphatic rings. The Balaban J connectivity index is 1.65. The smallest absolute Gasteiger partial charge is 0.410 e. The third-order valence-electron chi connectivity index (χ3n) is 6.24. The molecule has 1 N–H and O–H groups in total. The fourth-order valence-electron chi connectivity index (χ4n) is 4.43. The minimum Gasteiger partial charge on any atom is -0.444 e. The van der Waals surface area contributed by atoms with E-state index in [4.69, 9.17) is 20.8 Å². The standard InChI is InChI=1S/C27H32BrClN4O4/c1-15-13-18(17(3)30-20-7-8-21(29)31-24(20)28)23-19(14-15)22(34)16(2)25(36-23)32-9-11-33(12-10-32)26(35)37-27(4,5)6/h7-8,13-14,17,30H,9-12H2,1-6H3. The van der Waals surface area contributed by atoms with E-state index in [1.165, 1.54) is 0 Å². The number of aryl methyl sites for hydroxylation is 1. The first kappa shape index (κ1) is 27.3. The monoisotopic (exact) mass is 590 g/mol. The van der Waals surface area contributed by atoms with Crippen LogP contribution in [0, 0.1) is 13.8 Å².